The highest BCUT2D eigenvalue weighted by molar-refractivity contribution is 6.29. The fourth-order valence-corrected chi connectivity index (χ4v) is 3.24. The first-order valence-corrected chi connectivity index (χ1v) is 6.75. The molecule has 1 aromatic heterocycles. The minimum atomic E-state index is 0.607. The molecule has 1 N–H and O–H groups in total. The predicted octanol–water partition coefficient (Wildman–Crippen LogP) is 3.39. The van der Waals surface area contributed by atoms with Gasteiger partial charge < -0.3 is 14.5 Å². The molecule has 1 heterocycles. The summed E-state index contributed by atoms with van der Waals surface area (Å²) in [7, 11) is 3.67. The third-order valence-electron chi connectivity index (χ3n) is 4.18. The Morgan fingerprint density at radius 1 is 1.10 bits per heavy atom. The van der Waals surface area contributed by atoms with Crippen molar-refractivity contribution in [1.29, 1.82) is 0 Å². The molecule has 0 aliphatic heterocycles. The van der Waals surface area contributed by atoms with Gasteiger partial charge in [0, 0.05) is 34.6 Å². The summed E-state index contributed by atoms with van der Waals surface area (Å²) in [5.41, 5.74) is 5.78. The van der Waals surface area contributed by atoms with Gasteiger partial charge in [-0.15, -0.1) is 0 Å². The molecule has 21 heavy (non-hydrogen) atoms. The van der Waals surface area contributed by atoms with E-state index in [1.165, 1.54) is 0 Å². The number of aryl methyl sites for hydroxylation is 1. The fraction of sp³-hybridized carbons (Fsp3) is 0.118. The van der Waals surface area contributed by atoms with Crippen molar-refractivity contribution < 1.29 is 9.94 Å². The molecular formula is C17H14N2O2. The topological polar surface area (TPSA) is 46.8 Å². The standard InChI is InChI=1S/C17H14N2O2/c1-19-14-6-4-3-5-12(14)15-16(18-20)13-9-10(21-2)7-8-11(13)17(15)19/h3-9,20H,1-2H3/b18-16+. The largest absolute Gasteiger partial charge is 0.497 e. The first kappa shape index (κ1) is 12.0. The molecule has 3 aromatic rings. The maximum Gasteiger partial charge on any atom is 0.120 e. The summed E-state index contributed by atoms with van der Waals surface area (Å²) in [5.74, 6) is 0.756. The second-order valence-corrected chi connectivity index (χ2v) is 5.16. The van der Waals surface area contributed by atoms with Crippen LogP contribution in [0.15, 0.2) is 47.6 Å². The highest BCUT2D eigenvalue weighted by atomic mass is 16.5. The number of hydrogen-bond donors (Lipinski definition) is 1. The zero-order valence-electron chi connectivity index (χ0n) is 11.8. The number of rotatable bonds is 1. The Bertz CT molecular complexity index is 907. The molecule has 1 aliphatic carbocycles. The van der Waals surface area contributed by atoms with Gasteiger partial charge in [-0.2, -0.15) is 0 Å². The molecule has 1 aliphatic rings. The first-order chi connectivity index (χ1) is 10.3. The second-order valence-electron chi connectivity index (χ2n) is 5.16. The molecule has 0 radical (unpaired) electrons. The van der Waals surface area contributed by atoms with E-state index < -0.39 is 0 Å². The SMILES string of the molecule is COc1ccc2c(c1)/C(=N\O)c1c-2n(C)c2ccccc12. The van der Waals surface area contributed by atoms with Crippen LogP contribution in [0.25, 0.3) is 22.2 Å². The van der Waals surface area contributed by atoms with E-state index in [9.17, 15) is 5.21 Å². The quantitative estimate of drug-likeness (QED) is 0.428. The number of aromatic nitrogens is 1. The molecule has 0 fully saturated rings. The number of ether oxygens (including phenoxy) is 1. The lowest BCUT2D eigenvalue weighted by Crippen LogP contribution is -1.98. The smallest absolute Gasteiger partial charge is 0.120 e. The Hall–Kier alpha value is -2.75. The molecule has 2 aromatic carbocycles. The van der Waals surface area contributed by atoms with Crippen molar-refractivity contribution in [2.75, 3.05) is 7.11 Å². The monoisotopic (exact) mass is 278 g/mol. The summed E-state index contributed by atoms with van der Waals surface area (Å²) >= 11 is 0. The van der Waals surface area contributed by atoms with Crippen molar-refractivity contribution in [3.63, 3.8) is 0 Å². The molecule has 0 amide bonds. The zero-order valence-corrected chi connectivity index (χ0v) is 11.8. The van der Waals surface area contributed by atoms with Crippen molar-refractivity contribution in [3.8, 4) is 17.0 Å². The van der Waals surface area contributed by atoms with E-state index in [1.54, 1.807) is 7.11 Å². The first-order valence-electron chi connectivity index (χ1n) is 6.75. The van der Waals surface area contributed by atoms with Gasteiger partial charge in [0.2, 0.25) is 0 Å². The highest BCUT2D eigenvalue weighted by Crippen LogP contribution is 2.43. The van der Waals surface area contributed by atoms with Gasteiger partial charge in [0.1, 0.15) is 11.5 Å². The number of oxime groups is 1. The van der Waals surface area contributed by atoms with E-state index >= 15 is 0 Å². The Morgan fingerprint density at radius 3 is 2.67 bits per heavy atom. The predicted molar refractivity (Wildman–Crippen MR) is 82.3 cm³/mol. The number of nitrogens with zero attached hydrogens (tertiary/aromatic N) is 2. The molecule has 4 heteroatoms. The Kier molecular flexibility index (Phi) is 2.36. The zero-order chi connectivity index (χ0) is 14.6. The molecule has 0 spiro atoms. The van der Waals surface area contributed by atoms with Gasteiger partial charge in [0.05, 0.1) is 12.8 Å². The lowest BCUT2D eigenvalue weighted by Gasteiger charge is -2.07. The maximum atomic E-state index is 9.53. The number of para-hydroxylation sites is 1. The van der Waals surface area contributed by atoms with Crippen LogP contribution in [0.4, 0.5) is 0 Å². The van der Waals surface area contributed by atoms with Crippen LogP contribution in [0, 0.1) is 0 Å². The van der Waals surface area contributed by atoms with Gasteiger partial charge in [-0.3, -0.25) is 0 Å². The highest BCUT2D eigenvalue weighted by Gasteiger charge is 2.31. The Morgan fingerprint density at radius 2 is 1.90 bits per heavy atom. The third kappa shape index (κ3) is 1.41. The lowest BCUT2D eigenvalue weighted by molar-refractivity contribution is 0.320. The lowest BCUT2D eigenvalue weighted by atomic mass is 10.1. The van der Waals surface area contributed by atoms with Gasteiger partial charge in [-0.1, -0.05) is 23.4 Å². The average Bonchev–Trinajstić information content (AvgIpc) is 3.01. The number of methoxy groups -OCH3 is 1. The third-order valence-corrected chi connectivity index (χ3v) is 4.18. The maximum absolute atomic E-state index is 9.53. The normalized spacial score (nSPS) is 14.5. The van der Waals surface area contributed by atoms with Crippen LogP contribution in [0.5, 0.6) is 5.75 Å². The van der Waals surface area contributed by atoms with Gasteiger partial charge >= 0.3 is 0 Å². The average molecular weight is 278 g/mol. The summed E-state index contributed by atoms with van der Waals surface area (Å²) in [6.45, 7) is 0. The van der Waals surface area contributed by atoms with E-state index in [-0.39, 0.29) is 0 Å². The Balaban J connectivity index is 2.15. The van der Waals surface area contributed by atoms with E-state index in [1.807, 2.05) is 37.4 Å². The van der Waals surface area contributed by atoms with Crippen LogP contribution in [-0.4, -0.2) is 22.6 Å². The summed E-state index contributed by atoms with van der Waals surface area (Å²) in [5, 5.41) is 14.2. The summed E-state index contributed by atoms with van der Waals surface area (Å²) in [4.78, 5) is 0. The van der Waals surface area contributed by atoms with Crippen LogP contribution in [0.2, 0.25) is 0 Å². The molecule has 104 valence electrons. The number of fused-ring (bicyclic) bond motifs is 5. The molecule has 0 unspecified atom stereocenters. The van der Waals surface area contributed by atoms with Crippen LogP contribution in [-0.2, 0) is 7.05 Å². The van der Waals surface area contributed by atoms with Gasteiger partial charge in [-0.05, 0) is 24.3 Å². The summed E-state index contributed by atoms with van der Waals surface area (Å²) < 4.78 is 7.43. The molecular weight excluding hydrogens is 264 g/mol. The van der Waals surface area contributed by atoms with E-state index in [2.05, 4.69) is 21.9 Å². The van der Waals surface area contributed by atoms with Crippen LogP contribution in [0.3, 0.4) is 0 Å². The van der Waals surface area contributed by atoms with E-state index in [4.69, 9.17) is 4.74 Å². The molecule has 4 nitrogen and oxygen atoms in total. The second kappa shape index (κ2) is 4.12. The molecule has 4 rings (SSSR count). The van der Waals surface area contributed by atoms with Crippen molar-refractivity contribution in [3.05, 3.63) is 53.6 Å². The summed E-state index contributed by atoms with van der Waals surface area (Å²) in [6.07, 6.45) is 0. The van der Waals surface area contributed by atoms with E-state index in [0.29, 0.717) is 5.71 Å². The number of hydrogen-bond acceptors (Lipinski definition) is 3. The minimum absolute atomic E-state index is 0.607. The van der Waals surface area contributed by atoms with E-state index in [0.717, 1.165) is 39.0 Å². The minimum Gasteiger partial charge on any atom is -0.497 e. The van der Waals surface area contributed by atoms with Crippen LogP contribution >= 0.6 is 0 Å². The molecule has 0 bridgehead atoms. The number of benzene rings is 2. The Labute approximate surface area is 121 Å². The van der Waals surface area contributed by atoms with Crippen molar-refractivity contribution in [2.24, 2.45) is 12.2 Å². The van der Waals surface area contributed by atoms with Gasteiger partial charge in [-0.25, -0.2) is 0 Å². The van der Waals surface area contributed by atoms with Gasteiger partial charge in [0.15, 0.2) is 0 Å². The molecule has 0 atom stereocenters. The van der Waals surface area contributed by atoms with Crippen LogP contribution in [0.1, 0.15) is 11.1 Å². The summed E-state index contributed by atoms with van der Waals surface area (Å²) in [6, 6.07) is 14.0. The van der Waals surface area contributed by atoms with Crippen LogP contribution < -0.4 is 4.74 Å². The van der Waals surface area contributed by atoms with Crippen molar-refractivity contribution in [2.45, 2.75) is 0 Å². The van der Waals surface area contributed by atoms with Gasteiger partial charge in [0.25, 0.3) is 0 Å². The molecule has 0 saturated heterocycles. The van der Waals surface area contributed by atoms with Crippen molar-refractivity contribution >= 4 is 16.6 Å². The van der Waals surface area contributed by atoms with Crippen molar-refractivity contribution in [1.82, 2.24) is 4.57 Å². The molecule has 0 saturated carbocycles. The fourth-order valence-electron chi connectivity index (χ4n) is 3.24.